The van der Waals surface area contributed by atoms with Gasteiger partial charge < -0.3 is 15.0 Å². The van der Waals surface area contributed by atoms with E-state index in [-0.39, 0.29) is 5.91 Å². The van der Waals surface area contributed by atoms with Gasteiger partial charge in [-0.1, -0.05) is 13.0 Å². The average molecular weight is 408 g/mol. The van der Waals surface area contributed by atoms with E-state index < -0.39 is 5.97 Å². The van der Waals surface area contributed by atoms with E-state index in [1.54, 1.807) is 18.3 Å². The molecule has 0 saturated carbocycles. The zero-order valence-corrected chi connectivity index (χ0v) is 17.3. The SMILES string of the molecule is CCOC(=O)c1c(-c2cccs2)csc1NC(=O)CN1CCN(CC)CC1. The summed E-state index contributed by atoms with van der Waals surface area (Å²) in [5, 5.41) is 7.38. The summed E-state index contributed by atoms with van der Waals surface area (Å²) in [4.78, 5) is 30.6. The van der Waals surface area contributed by atoms with E-state index >= 15 is 0 Å². The van der Waals surface area contributed by atoms with Crippen molar-refractivity contribution in [2.45, 2.75) is 13.8 Å². The molecule has 146 valence electrons. The van der Waals surface area contributed by atoms with Gasteiger partial charge >= 0.3 is 5.97 Å². The van der Waals surface area contributed by atoms with Crippen molar-refractivity contribution >= 4 is 39.6 Å². The highest BCUT2D eigenvalue weighted by Crippen LogP contribution is 2.38. The summed E-state index contributed by atoms with van der Waals surface area (Å²) in [5.74, 6) is -0.487. The molecule has 27 heavy (non-hydrogen) atoms. The van der Waals surface area contributed by atoms with E-state index in [0.29, 0.717) is 23.7 Å². The van der Waals surface area contributed by atoms with Crippen LogP contribution in [0.25, 0.3) is 10.4 Å². The number of amides is 1. The van der Waals surface area contributed by atoms with Crippen molar-refractivity contribution in [2.24, 2.45) is 0 Å². The normalized spacial score (nSPS) is 15.6. The lowest BCUT2D eigenvalue weighted by Crippen LogP contribution is -2.48. The van der Waals surface area contributed by atoms with Gasteiger partial charge in [-0.15, -0.1) is 22.7 Å². The molecule has 0 aromatic carbocycles. The van der Waals surface area contributed by atoms with Crippen LogP contribution in [0.15, 0.2) is 22.9 Å². The fourth-order valence-corrected chi connectivity index (χ4v) is 4.89. The molecule has 0 spiro atoms. The highest BCUT2D eigenvalue weighted by atomic mass is 32.1. The minimum Gasteiger partial charge on any atom is -0.462 e. The molecule has 1 saturated heterocycles. The molecule has 2 aromatic rings. The first-order valence-corrected chi connectivity index (χ1v) is 10.9. The largest absolute Gasteiger partial charge is 0.462 e. The van der Waals surface area contributed by atoms with Gasteiger partial charge in [0, 0.05) is 42.0 Å². The summed E-state index contributed by atoms with van der Waals surface area (Å²) >= 11 is 2.93. The maximum absolute atomic E-state index is 12.6. The van der Waals surface area contributed by atoms with Gasteiger partial charge in [0.05, 0.1) is 13.2 Å². The van der Waals surface area contributed by atoms with E-state index in [4.69, 9.17) is 4.74 Å². The molecule has 1 aliphatic rings. The molecule has 1 N–H and O–H groups in total. The van der Waals surface area contributed by atoms with Gasteiger partial charge in [0.2, 0.25) is 5.91 Å². The van der Waals surface area contributed by atoms with E-state index in [1.165, 1.54) is 11.3 Å². The molecule has 0 bridgehead atoms. The van der Waals surface area contributed by atoms with Gasteiger partial charge in [-0.25, -0.2) is 4.79 Å². The number of anilines is 1. The van der Waals surface area contributed by atoms with Gasteiger partial charge in [-0.2, -0.15) is 0 Å². The average Bonchev–Trinajstić information content (AvgIpc) is 3.32. The molecule has 3 rings (SSSR count). The maximum atomic E-state index is 12.6. The number of carbonyl (C=O) groups is 2. The predicted octanol–water partition coefficient (Wildman–Crippen LogP) is 3.23. The summed E-state index contributed by atoms with van der Waals surface area (Å²) in [6, 6.07) is 3.91. The van der Waals surface area contributed by atoms with Gasteiger partial charge in [-0.05, 0) is 24.9 Å². The lowest BCUT2D eigenvalue weighted by Gasteiger charge is -2.33. The van der Waals surface area contributed by atoms with E-state index in [1.807, 2.05) is 22.9 Å². The molecule has 0 unspecified atom stereocenters. The number of esters is 1. The number of rotatable bonds is 7. The number of thiophene rings is 2. The summed E-state index contributed by atoms with van der Waals surface area (Å²) in [7, 11) is 0. The number of nitrogens with one attached hydrogen (secondary N) is 1. The second kappa shape index (κ2) is 9.45. The van der Waals surface area contributed by atoms with Crippen molar-refractivity contribution in [3.05, 3.63) is 28.5 Å². The number of piperazine rings is 1. The summed E-state index contributed by atoms with van der Waals surface area (Å²) in [5.41, 5.74) is 1.27. The molecule has 1 aliphatic heterocycles. The first kappa shape index (κ1) is 20.0. The zero-order valence-electron chi connectivity index (χ0n) is 15.7. The van der Waals surface area contributed by atoms with Gasteiger partial charge in [0.15, 0.2) is 0 Å². The van der Waals surface area contributed by atoms with Crippen LogP contribution in [0.2, 0.25) is 0 Å². The third-order valence-electron chi connectivity index (χ3n) is 4.59. The van der Waals surface area contributed by atoms with Crippen molar-refractivity contribution in [3.63, 3.8) is 0 Å². The molecule has 6 nitrogen and oxygen atoms in total. The van der Waals surface area contributed by atoms with Crippen molar-refractivity contribution in [3.8, 4) is 10.4 Å². The van der Waals surface area contributed by atoms with Gasteiger partial charge in [0.25, 0.3) is 0 Å². The van der Waals surface area contributed by atoms with Crippen molar-refractivity contribution < 1.29 is 14.3 Å². The Morgan fingerprint density at radius 3 is 2.52 bits per heavy atom. The molecule has 1 amide bonds. The number of hydrogen-bond donors (Lipinski definition) is 1. The molecule has 0 atom stereocenters. The molecule has 3 heterocycles. The minimum atomic E-state index is -0.394. The topological polar surface area (TPSA) is 61.9 Å². The monoisotopic (exact) mass is 407 g/mol. The fraction of sp³-hybridized carbons (Fsp3) is 0.474. The molecular weight excluding hydrogens is 382 g/mol. The first-order chi connectivity index (χ1) is 13.1. The number of ether oxygens (including phenoxy) is 1. The third-order valence-corrected chi connectivity index (χ3v) is 6.39. The van der Waals surface area contributed by atoms with Crippen LogP contribution in [0.5, 0.6) is 0 Å². The molecule has 0 radical (unpaired) electrons. The van der Waals surface area contributed by atoms with E-state index in [9.17, 15) is 9.59 Å². The Morgan fingerprint density at radius 1 is 1.15 bits per heavy atom. The van der Waals surface area contributed by atoms with Crippen LogP contribution in [-0.2, 0) is 9.53 Å². The lowest BCUT2D eigenvalue weighted by atomic mass is 10.1. The highest BCUT2D eigenvalue weighted by Gasteiger charge is 2.24. The van der Waals surface area contributed by atoms with Crippen LogP contribution in [0.4, 0.5) is 5.00 Å². The van der Waals surface area contributed by atoms with Crippen molar-refractivity contribution in [2.75, 3.05) is 51.2 Å². The van der Waals surface area contributed by atoms with Crippen molar-refractivity contribution in [1.82, 2.24) is 9.80 Å². The number of carbonyl (C=O) groups excluding carboxylic acids is 2. The predicted molar refractivity (Wildman–Crippen MR) is 111 cm³/mol. The molecule has 1 fully saturated rings. The molecule has 2 aromatic heterocycles. The highest BCUT2D eigenvalue weighted by molar-refractivity contribution is 7.17. The summed E-state index contributed by atoms with van der Waals surface area (Å²) < 4.78 is 5.23. The Bertz CT molecular complexity index is 765. The van der Waals surface area contributed by atoms with Crippen molar-refractivity contribution in [1.29, 1.82) is 0 Å². The third kappa shape index (κ3) is 4.95. The van der Waals surface area contributed by atoms with Crippen LogP contribution < -0.4 is 5.32 Å². The van der Waals surface area contributed by atoms with Crippen LogP contribution in [0.3, 0.4) is 0 Å². The maximum Gasteiger partial charge on any atom is 0.341 e. The van der Waals surface area contributed by atoms with Gasteiger partial charge in [0.1, 0.15) is 10.6 Å². The zero-order chi connectivity index (χ0) is 19.2. The molecule has 0 aliphatic carbocycles. The summed E-state index contributed by atoms with van der Waals surface area (Å²) in [6.07, 6.45) is 0. The second-order valence-corrected chi connectivity index (χ2v) is 8.14. The van der Waals surface area contributed by atoms with Crippen LogP contribution >= 0.6 is 22.7 Å². The number of hydrogen-bond acceptors (Lipinski definition) is 7. The Hall–Kier alpha value is -1.74. The first-order valence-electron chi connectivity index (χ1n) is 9.19. The lowest BCUT2D eigenvalue weighted by molar-refractivity contribution is -0.117. The van der Waals surface area contributed by atoms with E-state index in [0.717, 1.165) is 43.2 Å². The Kier molecular flexibility index (Phi) is 7.01. The van der Waals surface area contributed by atoms with Crippen LogP contribution in [0.1, 0.15) is 24.2 Å². The van der Waals surface area contributed by atoms with Gasteiger partial charge in [-0.3, -0.25) is 9.69 Å². The quantitative estimate of drug-likeness (QED) is 0.714. The fourth-order valence-electron chi connectivity index (χ4n) is 3.10. The Labute approximate surface area is 167 Å². The summed E-state index contributed by atoms with van der Waals surface area (Å²) in [6.45, 7) is 9.36. The molecular formula is C19H25N3O3S2. The standard InChI is InChI=1S/C19H25N3O3S2/c1-3-21-7-9-22(10-8-21)12-16(23)20-18-17(19(24)25-4-2)14(13-27-18)15-6-5-11-26-15/h5-6,11,13H,3-4,7-10,12H2,1-2H3,(H,20,23). The number of nitrogens with zero attached hydrogens (tertiary/aromatic N) is 2. The molecule has 8 heteroatoms. The van der Waals surface area contributed by atoms with E-state index in [2.05, 4.69) is 22.0 Å². The Morgan fingerprint density at radius 2 is 1.89 bits per heavy atom. The minimum absolute atomic E-state index is 0.0925. The second-order valence-electron chi connectivity index (χ2n) is 6.31. The van der Waals surface area contributed by atoms with Crippen LogP contribution in [-0.4, -0.2) is 67.6 Å². The smallest absolute Gasteiger partial charge is 0.341 e. The van der Waals surface area contributed by atoms with Crippen LogP contribution in [0, 0.1) is 0 Å². The number of likely N-dealkylation sites (N-methyl/N-ethyl adjacent to an activating group) is 1. The Balaban J connectivity index is 1.70.